The Morgan fingerprint density at radius 3 is 1.88 bits per heavy atom. The number of hydrogen-bond acceptors (Lipinski definition) is 3. The van der Waals surface area contributed by atoms with Gasteiger partial charge < -0.3 is 15.5 Å². The molecule has 0 fully saturated rings. The van der Waals surface area contributed by atoms with Crippen molar-refractivity contribution in [2.75, 3.05) is 7.05 Å². The van der Waals surface area contributed by atoms with Gasteiger partial charge in [-0.05, 0) is 12.6 Å². The van der Waals surface area contributed by atoms with Gasteiger partial charge >= 0.3 is 11.9 Å². The molecule has 0 amide bonds. The Hall–Kier alpha value is -1.88. The van der Waals surface area contributed by atoms with Crippen LogP contribution in [-0.4, -0.2) is 29.2 Å². The Balaban J connectivity index is 0.000000304. The number of carboxylic acid groups (broad SMARTS) is 2. The lowest BCUT2D eigenvalue weighted by molar-refractivity contribution is -0.143. The predicted molar refractivity (Wildman–Crippen MR) is 63.7 cm³/mol. The second kappa shape index (κ2) is 9.35. The maximum Gasteiger partial charge on any atom is 0.303 e. The molecule has 0 unspecified atom stereocenters. The lowest BCUT2D eigenvalue weighted by atomic mass is 10.2. The number of benzene rings is 1. The summed E-state index contributed by atoms with van der Waals surface area (Å²) in [5.74, 6) is -2.15. The molecule has 0 aliphatic rings. The Morgan fingerprint density at radius 1 is 1.06 bits per heavy atom. The first kappa shape index (κ1) is 15.1. The Morgan fingerprint density at radius 2 is 1.53 bits per heavy atom. The van der Waals surface area contributed by atoms with Gasteiger partial charge in [0, 0.05) is 6.54 Å². The van der Waals surface area contributed by atoms with E-state index in [1.165, 1.54) is 5.56 Å². The number of nitrogens with one attached hydrogen (secondary N) is 1. The average Bonchev–Trinajstić information content (AvgIpc) is 2.29. The Labute approximate surface area is 100 Å². The van der Waals surface area contributed by atoms with E-state index in [0.717, 1.165) is 6.54 Å². The van der Waals surface area contributed by atoms with E-state index in [9.17, 15) is 9.59 Å². The molecule has 0 aromatic heterocycles. The van der Waals surface area contributed by atoms with Crippen molar-refractivity contribution in [3.63, 3.8) is 0 Å². The van der Waals surface area contributed by atoms with Gasteiger partial charge in [0.25, 0.3) is 0 Å². The fourth-order valence-electron chi connectivity index (χ4n) is 1.01. The minimum absolute atomic E-state index is 0.296. The molecule has 0 radical (unpaired) electrons. The zero-order valence-electron chi connectivity index (χ0n) is 9.72. The van der Waals surface area contributed by atoms with Gasteiger partial charge in [-0.2, -0.15) is 0 Å². The summed E-state index contributed by atoms with van der Waals surface area (Å²) in [7, 11) is 1.95. The first-order valence-electron chi connectivity index (χ1n) is 5.18. The molecule has 1 aromatic rings. The summed E-state index contributed by atoms with van der Waals surface area (Å²) >= 11 is 0. The third kappa shape index (κ3) is 10.4. The van der Waals surface area contributed by atoms with Crippen LogP contribution < -0.4 is 5.32 Å². The van der Waals surface area contributed by atoms with E-state index in [1.54, 1.807) is 0 Å². The van der Waals surface area contributed by atoms with Gasteiger partial charge in [0.2, 0.25) is 0 Å². The zero-order valence-corrected chi connectivity index (χ0v) is 9.72. The normalized spacial score (nSPS) is 9.00. The third-order valence-corrected chi connectivity index (χ3v) is 1.78. The molecule has 0 heterocycles. The maximum atomic E-state index is 9.64. The van der Waals surface area contributed by atoms with Gasteiger partial charge in [-0.15, -0.1) is 0 Å². The summed E-state index contributed by atoms with van der Waals surface area (Å²) in [5, 5.41) is 18.9. The first-order valence-corrected chi connectivity index (χ1v) is 5.18. The van der Waals surface area contributed by atoms with Crippen LogP contribution in [0.1, 0.15) is 18.4 Å². The van der Waals surface area contributed by atoms with Gasteiger partial charge in [-0.3, -0.25) is 9.59 Å². The van der Waals surface area contributed by atoms with E-state index in [1.807, 2.05) is 25.2 Å². The molecule has 0 saturated heterocycles. The van der Waals surface area contributed by atoms with Crippen molar-refractivity contribution in [3.8, 4) is 0 Å². The van der Waals surface area contributed by atoms with Gasteiger partial charge in [0.05, 0.1) is 12.8 Å². The first-order chi connectivity index (χ1) is 8.06. The van der Waals surface area contributed by atoms with Crippen LogP contribution in [0.4, 0.5) is 0 Å². The maximum absolute atomic E-state index is 9.64. The molecule has 0 atom stereocenters. The van der Waals surface area contributed by atoms with Crippen LogP contribution in [0.5, 0.6) is 0 Å². The van der Waals surface area contributed by atoms with Crippen LogP contribution in [0, 0.1) is 0 Å². The SMILES string of the molecule is CNCc1ccccc1.O=C(O)CCC(=O)O. The topological polar surface area (TPSA) is 86.6 Å². The van der Waals surface area contributed by atoms with Crippen LogP contribution in [-0.2, 0) is 16.1 Å². The lowest BCUT2D eigenvalue weighted by Gasteiger charge is -1.95. The molecule has 17 heavy (non-hydrogen) atoms. The van der Waals surface area contributed by atoms with Crippen LogP contribution in [0.15, 0.2) is 30.3 Å². The predicted octanol–water partition coefficient (Wildman–Crippen LogP) is 1.34. The minimum Gasteiger partial charge on any atom is -0.481 e. The fraction of sp³-hybridized carbons (Fsp3) is 0.333. The second-order valence-corrected chi connectivity index (χ2v) is 3.30. The van der Waals surface area contributed by atoms with E-state index in [2.05, 4.69) is 17.4 Å². The van der Waals surface area contributed by atoms with Gasteiger partial charge in [0.1, 0.15) is 0 Å². The van der Waals surface area contributed by atoms with Crippen molar-refractivity contribution >= 4 is 11.9 Å². The molecule has 3 N–H and O–H groups in total. The van der Waals surface area contributed by atoms with Crippen molar-refractivity contribution in [2.45, 2.75) is 19.4 Å². The standard InChI is InChI=1S/C8H11N.C4H6O4/c1-9-7-8-5-3-2-4-6-8;5-3(6)1-2-4(7)8/h2-6,9H,7H2,1H3;1-2H2,(H,5,6)(H,7,8). The third-order valence-electron chi connectivity index (χ3n) is 1.78. The van der Waals surface area contributed by atoms with Crippen LogP contribution in [0.3, 0.4) is 0 Å². The highest BCUT2D eigenvalue weighted by Gasteiger charge is 2.00. The van der Waals surface area contributed by atoms with E-state index < -0.39 is 11.9 Å². The molecule has 5 nitrogen and oxygen atoms in total. The highest BCUT2D eigenvalue weighted by atomic mass is 16.4. The molecule has 0 aliphatic heterocycles. The average molecular weight is 239 g/mol. The molecule has 0 saturated carbocycles. The highest BCUT2D eigenvalue weighted by Crippen LogP contribution is 1.95. The summed E-state index contributed by atoms with van der Waals surface area (Å²) < 4.78 is 0. The summed E-state index contributed by atoms with van der Waals surface area (Å²) in [5.41, 5.74) is 1.33. The number of rotatable bonds is 5. The Bertz CT molecular complexity index is 324. The molecule has 94 valence electrons. The fourth-order valence-corrected chi connectivity index (χ4v) is 1.01. The van der Waals surface area contributed by atoms with Crippen molar-refractivity contribution in [3.05, 3.63) is 35.9 Å². The van der Waals surface area contributed by atoms with Crippen LogP contribution >= 0.6 is 0 Å². The summed E-state index contributed by atoms with van der Waals surface area (Å²) in [6.45, 7) is 0.959. The molecular weight excluding hydrogens is 222 g/mol. The molecule has 5 heteroatoms. The monoisotopic (exact) mass is 239 g/mol. The van der Waals surface area contributed by atoms with Crippen LogP contribution in [0.25, 0.3) is 0 Å². The highest BCUT2D eigenvalue weighted by molar-refractivity contribution is 5.75. The van der Waals surface area contributed by atoms with E-state index in [-0.39, 0.29) is 12.8 Å². The number of hydrogen-bond donors (Lipinski definition) is 3. The second-order valence-electron chi connectivity index (χ2n) is 3.30. The van der Waals surface area contributed by atoms with Crippen molar-refractivity contribution in [1.29, 1.82) is 0 Å². The summed E-state index contributed by atoms with van der Waals surface area (Å²) in [6.07, 6.45) is -0.593. The molecule has 0 spiro atoms. The van der Waals surface area contributed by atoms with Gasteiger partial charge in [0.15, 0.2) is 0 Å². The summed E-state index contributed by atoms with van der Waals surface area (Å²) in [4.78, 5) is 19.3. The van der Waals surface area contributed by atoms with Gasteiger partial charge in [-0.25, -0.2) is 0 Å². The molecular formula is C12H17NO4. The molecule has 1 aromatic carbocycles. The van der Waals surface area contributed by atoms with E-state index in [0.29, 0.717) is 0 Å². The van der Waals surface area contributed by atoms with Crippen molar-refractivity contribution < 1.29 is 19.8 Å². The smallest absolute Gasteiger partial charge is 0.303 e. The lowest BCUT2D eigenvalue weighted by Crippen LogP contribution is -2.04. The van der Waals surface area contributed by atoms with Gasteiger partial charge in [-0.1, -0.05) is 30.3 Å². The minimum atomic E-state index is -1.08. The summed E-state index contributed by atoms with van der Waals surface area (Å²) in [6, 6.07) is 10.3. The molecule has 0 aliphatic carbocycles. The number of carbonyl (C=O) groups is 2. The Kier molecular flexibility index (Phi) is 8.32. The zero-order chi connectivity index (χ0) is 13.1. The van der Waals surface area contributed by atoms with Crippen LogP contribution in [0.2, 0.25) is 0 Å². The number of aliphatic carboxylic acids is 2. The van der Waals surface area contributed by atoms with Crippen molar-refractivity contribution in [2.24, 2.45) is 0 Å². The largest absolute Gasteiger partial charge is 0.481 e. The molecule has 0 bridgehead atoms. The van der Waals surface area contributed by atoms with Crippen molar-refractivity contribution in [1.82, 2.24) is 5.32 Å². The van der Waals surface area contributed by atoms with E-state index >= 15 is 0 Å². The molecule has 1 rings (SSSR count). The van der Waals surface area contributed by atoms with E-state index in [4.69, 9.17) is 10.2 Å². The quantitative estimate of drug-likeness (QED) is 0.721. The number of carboxylic acids is 2.